The Kier molecular flexibility index (Phi) is 3.50. The Bertz CT molecular complexity index is 885. The lowest BCUT2D eigenvalue weighted by molar-refractivity contribution is 0.625. The van der Waals surface area contributed by atoms with Crippen molar-refractivity contribution in [2.24, 2.45) is 0 Å². The average molecular weight is 302 g/mol. The molecular weight excluding hydrogens is 293 g/mol. The summed E-state index contributed by atoms with van der Waals surface area (Å²) in [6.45, 7) is 0. The third-order valence-corrected chi connectivity index (χ3v) is 3.26. The highest BCUT2D eigenvalue weighted by Crippen LogP contribution is 2.21. The lowest BCUT2D eigenvalue weighted by Gasteiger charge is -2.00. The molecule has 6 heteroatoms. The van der Waals surface area contributed by atoms with Gasteiger partial charge in [-0.05, 0) is 30.4 Å². The normalized spacial score (nSPS) is 11.3. The fraction of sp³-hybridized carbons (Fsp3) is 0. The molecule has 0 saturated carbocycles. The summed E-state index contributed by atoms with van der Waals surface area (Å²) in [5, 5.41) is 0.738. The van der Waals surface area contributed by atoms with Crippen molar-refractivity contribution in [2.75, 3.05) is 0 Å². The molecule has 0 atom stereocenters. The molecule has 1 aromatic carbocycles. The van der Waals surface area contributed by atoms with E-state index in [2.05, 4.69) is 15.0 Å². The molecule has 3 rings (SSSR count). The van der Waals surface area contributed by atoms with Gasteiger partial charge in [0.15, 0.2) is 0 Å². The molecule has 0 fully saturated rings. The number of H-pyrrole nitrogens is 1. The van der Waals surface area contributed by atoms with E-state index in [1.807, 2.05) is 0 Å². The maximum Gasteiger partial charge on any atom is 0.259 e. The summed E-state index contributed by atoms with van der Waals surface area (Å²) in [4.78, 5) is 22.7. The first-order chi connectivity index (χ1) is 10.1. The number of rotatable bonds is 2. The summed E-state index contributed by atoms with van der Waals surface area (Å²) in [6.07, 6.45) is 5.99. The number of fused-ring (bicyclic) bond motifs is 1. The van der Waals surface area contributed by atoms with Crippen LogP contribution in [0.15, 0.2) is 41.5 Å². The molecule has 0 amide bonds. The summed E-state index contributed by atoms with van der Waals surface area (Å²) >= 11 is 5.93. The van der Waals surface area contributed by atoms with Gasteiger partial charge in [0.1, 0.15) is 11.6 Å². The van der Waals surface area contributed by atoms with Gasteiger partial charge < -0.3 is 4.98 Å². The fourth-order valence-corrected chi connectivity index (χ4v) is 2.15. The molecule has 104 valence electrons. The molecule has 0 bridgehead atoms. The number of hydrogen-bond acceptors (Lipinski definition) is 3. The predicted molar refractivity (Wildman–Crippen MR) is 80.5 cm³/mol. The fourth-order valence-electron chi connectivity index (χ4n) is 1.92. The van der Waals surface area contributed by atoms with Crippen molar-refractivity contribution in [3.8, 4) is 0 Å². The summed E-state index contributed by atoms with van der Waals surface area (Å²) in [5.74, 6) is -0.136. The first-order valence-electron chi connectivity index (χ1n) is 6.11. The predicted octanol–water partition coefficient (Wildman–Crippen LogP) is 3.28. The van der Waals surface area contributed by atoms with Crippen molar-refractivity contribution in [3.05, 3.63) is 69.2 Å². The van der Waals surface area contributed by atoms with Crippen molar-refractivity contribution >= 4 is 34.7 Å². The van der Waals surface area contributed by atoms with Crippen LogP contribution in [0.5, 0.6) is 0 Å². The van der Waals surface area contributed by atoms with Crippen LogP contribution in [-0.2, 0) is 0 Å². The molecule has 1 N–H and O–H groups in total. The summed E-state index contributed by atoms with van der Waals surface area (Å²) in [7, 11) is 0. The highest BCUT2D eigenvalue weighted by atomic mass is 35.5. The third-order valence-electron chi connectivity index (χ3n) is 2.93. The van der Waals surface area contributed by atoms with Gasteiger partial charge in [-0.25, -0.2) is 9.37 Å². The van der Waals surface area contributed by atoms with Gasteiger partial charge in [0.05, 0.1) is 22.1 Å². The van der Waals surface area contributed by atoms with Gasteiger partial charge in [0.25, 0.3) is 5.56 Å². The van der Waals surface area contributed by atoms with E-state index in [1.54, 1.807) is 12.1 Å². The zero-order valence-corrected chi connectivity index (χ0v) is 11.4. The Labute approximate surface area is 123 Å². The van der Waals surface area contributed by atoms with Crippen molar-refractivity contribution in [1.29, 1.82) is 0 Å². The van der Waals surface area contributed by atoms with Crippen LogP contribution in [0.25, 0.3) is 23.1 Å². The van der Waals surface area contributed by atoms with E-state index in [4.69, 9.17) is 11.6 Å². The Hall–Kier alpha value is -2.53. The molecule has 0 unspecified atom stereocenters. The average Bonchev–Trinajstić information content (AvgIpc) is 2.47. The van der Waals surface area contributed by atoms with E-state index in [-0.39, 0.29) is 16.1 Å². The number of nitrogens with one attached hydrogen (secondary N) is 1. The molecule has 2 aromatic heterocycles. The van der Waals surface area contributed by atoms with Crippen LogP contribution in [0, 0.1) is 5.82 Å². The molecule has 0 aliphatic rings. The van der Waals surface area contributed by atoms with E-state index in [0.717, 1.165) is 0 Å². The summed E-state index contributed by atoms with van der Waals surface area (Å²) in [5.41, 5.74) is 0.440. The zero-order valence-electron chi connectivity index (χ0n) is 10.7. The molecule has 3 aromatic rings. The standard InChI is InChI=1S/C15H9ClFN3O/c16-11-2-1-3-12(17)9(11)4-5-14-19-13-8-18-7-6-10(13)15(21)20-14/h1-8H,(H,19,20,21). The lowest BCUT2D eigenvalue weighted by Crippen LogP contribution is -2.09. The van der Waals surface area contributed by atoms with Crippen molar-refractivity contribution in [3.63, 3.8) is 0 Å². The molecule has 0 aliphatic heterocycles. The smallest absolute Gasteiger partial charge is 0.259 e. The van der Waals surface area contributed by atoms with E-state index in [1.165, 1.54) is 36.7 Å². The highest BCUT2D eigenvalue weighted by molar-refractivity contribution is 6.32. The Morgan fingerprint density at radius 2 is 2.10 bits per heavy atom. The van der Waals surface area contributed by atoms with Gasteiger partial charge >= 0.3 is 0 Å². The van der Waals surface area contributed by atoms with E-state index < -0.39 is 5.82 Å². The number of nitrogens with zero attached hydrogens (tertiary/aromatic N) is 2. The molecule has 4 nitrogen and oxygen atoms in total. The largest absolute Gasteiger partial charge is 0.306 e. The zero-order chi connectivity index (χ0) is 14.8. The Morgan fingerprint density at radius 1 is 1.24 bits per heavy atom. The van der Waals surface area contributed by atoms with Gasteiger partial charge in [-0.15, -0.1) is 0 Å². The topological polar surface area (TPSA) is 58.6 Å². The lowest BCUT2D eigenvalue weighted by atomic mass is 10.2. The van der Waals surface area contributed by atoms with Gasteiger partial charge in [-0.3, -0.25) is 9.78 Å². The second kappa shape index (κ2) is 5.46. The van der Waals surface area contributed by atoms with Crippen LogP contribution >= 0.6 is 11.6 Å². The number of aromatic amines is 1. The number of hydrogen-bond donors (Lipinski definition) is 1. The Balaban J connectivity index is 2.06. The molecule has 21 heavy (non-hydrogen) atoms. The van der Waals surface area contributed by atoms with E-state index in [0.29, 0.717) is 16.7 Å². The van der Waals surface area contributed by atoms with E-state index in [9.17, 15) is 9.18 Å². The van der Waals surface area contributed by atoms with Crippen LogP contribution in [-0.4, -0.2) is 15.0 Å². The van der Waals surface area contributed by atoms with Gasteiger partial charge in [0.2, 0.25) is 0 Å². The minimum absolute atomic E-state index is 0.244. The monoisotopic (exact) mass is 301 g/mol. The summed E-state index contributed by atoms with van der Waals surface area (Å²) < 4.78 is 13.6. The molecule has 2 heterocycles. The highest BCUT2D eigenvalue weighted by Gasteiger charge is 2.04. The van der Waals surface area contributed by atoms with Crippen LogP contribution < -0.4 is 5.56 Å². The van der Waals surface area contributed by atoms with Gasteiger partial charge in [-0.2, -0.15) is 0 Å². The molecule has 0 spiro atoms. The number of halogens is 2. The Morgan fingerprint density at radius 3 is 2.90 bits per heavy atom. The SMILES string of the molecule is O=c1[nH]c(C=Cc2c(F)cccc2Cl)nc2cnccc12. The maximum atomic E-state index is 13.6. The second-order valence-corrected chi connectivity index (χ2v) is 4.72. The quantitative estimate of drug-likeness (QED) is 0.790. The van der Waals surface area contributed by atoms with Gasteiger partial charge in [0, 0.05) is 11.8 Å². The molecule has 0 radical (unpaired) electrons. The number of benzene rings is 1. The maximum absolute atomic E-state index is 13.6. The second-order valence-electron chi connectivity index (χ2n) is 4.31. The van der Waals surface area contributed by atoms with Crippen molar-refractivity contribution in [2.45, 2.75) is 0 Å². The first-order valence-corrected chi connectivity index (χ1v) is 6.49. The van der Waals surface area contributed by atoms with E-state index >= 15 is 0 Å². The first kappa shape index (κ1) is 13.5. The van der Waals surface area contributed by atoms with Crippen LogP contribution in [0.2, 0.25) is 5.02 Å². The number of pyridine rings is 1. The number of aromatic nitrogens is 3. The van der Waals surface area contributed by atoms with Crippen LogP contribution in [0.4, 0.5) is 4.39 Å². The van der Waals surface area contributed by atoms with Crippen LogP contribution in [0.3, 0.4) is 0 Å². The minimum Gasteiger partial charge on any atom is -0.306 e. The third kappa shape index (κ3) is 2.68. The molecular formula is C15H9ClFN3O. The minimum atomic E-state index is -0.441. The summed E-state index contributed by atoms with van der Waals surface area (Å²) in [6, 6.07) is 6.01. The van der Waals surface area contributed by atoms with Crippen LogP contribution in [0.1, 0.15) is 11.4 Å². The van der Waals surface area contributed by atoms with Crippen molar-refractivity contribution < 1.29 is 4.39 Å². The molecule has 0 saturated heterocycles. The van der Waals surface area contributed by atoms with Gasteiger partial charge in [-0.1, -0.05) is 17.7 Å². The van der Waals surface area contributed by atoms with Crippen molar-refractivity contribution in [1.82, 2.24) is 15.0 Å². The molecule has 0 aliphatic carbocycles.